The van der Waals surface area contributed by atoms with Crippen LogP contribution in [0.4, 0.5) is 16.0 Å². The highest BCUT2D eigenvalue weighted by molar-refractivity contribution is 7.52. The van der Waals surface area contributed by atoms with Crippen molar-refractivity contribution in [2.24, 2.45) is 0 Å². The molecule has 0 aromatic carbocycles. The van der Waals surface area contributed by atoms with Crippen molar-refractivity contribution >= 4 is 49.4 Å². The van der Waals surface area contributed by atoms with Crippen LogP contribution in [0.25, 0.3) is 22.3 Å². The topological polar surface area (TPSA) is 289 Å². The first-order valence-electron chi connectivity index (χ1n) is 13.2. The molecule has 2 unspecified atom stereocenters. The number of alkyl halides is 1. The van der Waals surface area contributed by atoms with E-state index in [1.165, 1.54) is 21.8 Å². The summed E-state index contributed by atoms with van der Waals surface area (Å²) >= 11 is 0. The molecule has 4 aromatic rings. The number of hydrogen-bond donors (Lipinski definition) is 5. The SMILES string of the molecule is Nc1ncnc2c1ncn2[C@@H]1O[C@@H]2COP(=O)(O)O[C@@H]3[C@H](O)[C@@H](COCP(=O)(O)O[C@H]2[C@H]1F)O[C@H]3n1cnc2c(N)ncnc21. The molecule has 10 atom stereocenters. The van der Waals surface area contributed by atoms with E-state index in [9.17, 15) is 24.0 Å². The summed E-state index contributed by atoms with van der Waals surface area (Å²) in [6.07, 6.45) is -9.08. The molecule has 242 valence electrons. The van der Waals surface area contributed by atoms with E-state index in [-0.39, 0.29) is 34.0 Å². The molecule has 0 radical (unpaired) electrons. The van der Waals surface area contributed by atoms with E-state index >= 15 is 4.39 Å². The number of nitrogens with zero attached hydrogens (tertiary/aromatic N) is 8. The van der Waals surface area contributed by atoms with Crippen LogP contribution in [-0.2, 0) is 36.9 Å². The van der Waals surface area contributed by atoms with Gasteiger partial charge in [0.05, 0.1) is 25.9 Å². The maximum atomic E-state index is 15.9. The Bertz CT molecular complexity index is 1850. The van der Waals surface area contributed by atoms with Crippen molar-refractivity contribution in [3.63, 3.8) is 0 Å². The molecule has 7 rings (SSSR count). The Balaban J connectivity index is 1.19. The van der Waals surface area contributed by atoms with E-state index in [1.807, 2.05) is 0 Å². The molecular formula is C21H25FN10O11P2. The number of aromatic nitrogens is 8. The summed E-state index contributed by atoms with van der Waals surface area (Å²) in [5.41, 5.74) is 12.2. The molecule has 0 amide bonds. The Kier molecular flexibility index (Phi) is 7.57. The average Bonchev–Trinajstić information content (AvgIpc) is 3.74. The molecule has 2 bridgehead atoms. The Morgan fingerprint density at radius 1 is 0.822 bits per heavy atom. The van der Waals surface area contributed by atoms with E-state index in [1.54, 1.807) is 0 Å². The van der Waals surface area contributed by atoms with E-state index < -0.39 is 84.1 Å². The molecule has 21 nitrogen and oxygen atoms in total. The number of rotatable bonds is 2. The van der Waals surface area contributed by atoms with Crippen LogP contribution in [0.5, 0.6) is 0 Å². The second-order valence-electron chi connectivity index (χ2n) is 10.3. The van der Waals surface area contributed by atoms with Gasteiger partial charge < -0.3 is 40.6 Å². The zero-order valence-corrected chi connectivity index (χ0v) is 24.5. The molecule has 3 fully saturated rings. The summed E-state index contributed by atoms with van der Waals surface area (Å²) in [7, 11) is -9.82. The monoisotopic (exact) mass is 674 g/mol. The lowest BCUT2D eigenvalue weighted by Gasteiger charge is -2.26. The van der Waals surface area contributed by atoms with Crippen LogP contribution in [0, 0.1) is 0 Å². The van der Waals surface area contributed by atoms with Gasteiger partial charge in [0.25, 0.3) is 0 Å². The number of ether oxygens (including phenoxy) is 3. The number of anilines is 2. The van der Waals surface area contributed by atoms with Crippen molar-refractivity contribution in [3.05, 3.63) is 25.3 Å². The summed E-state index contributed by atoms with van der Waals surface area (Å²) < 4.78 is 77.4. The Hall–Kier alpha value is -3.27. The van der Waals surface area contributed by atoms with Gasteiger partial charge >= 0.3 is 15.4 Å². The minimum Gasteiger partial charge on any atom is -0.387 e. The van der Waals surface area contributed by atoms with Gasteiger partial charge in [-0.05, 0) is 0 Å². The van der Waals surface area contributed by atoms with Crippen LogP contribution in [-0.4, -0.2) is 110 Å². The van der Waals surface area contributed by atoms with Crippen LogP contribution < -0.4 is 11.5 Å². The van der Waals surface area contributed by atoms with Gasteiger partial charge in [0.15, 0.2) is 41.6 Å². The number of fused-ring (bicyclic) bond motifs is 5. The lowest BCUT2D eigenvalue weighted by atomic mass is 10.1. The molecule has 3 aliphatic rings. The second kappa shape index (κ2) is 11.2. The quantitative estimate of drug-likeness (QED) is 0.166. The van der Waals surface area contributed by atoms with Crippen molar-refractivity contribution in [2.45, 2.75) is 49.1 Å². The third kappa shape index (κ3) is 5.47. The van der Waals surface area contributed by atoms with Gasteiger partial charge in [-0.25, -0.2) is 38.9 Å². The molecule has 3 saturated heterocycles. The largest absolute Gasteiger partial charge is 0.472 e. The van der Waals surface area contributed by atoms with Gasteiger partial charge in [-0.3, -0.25) is 27.3 Å². The smallest absolute Gasteiger partial charge is 0.387 e. The van der Waals surface area contributed by atoms with Gasteiger partial charge in [0.1, 0.15) is 60.6 Å². The van der Waals surface area contributed by atoms with Gasteiger partial charge in [0, 0.05) is 0 Å². The zero-order chi connectivity index (χ0) is 31.7. The molecular weight excluding hydrogens is 649 g/mol. The standard InChI is InChI=1S/C21H25FN10O11P2/c22-10-14-9(41-20(10)31-5-29-11-16(23)25-3-27-18(11)31)2-39-45(36,37)43-15-13(33)8(1-38-7-44(34,35)42-14)40-21(15)32-6-30-12-17(24)26-4-28-19(12)32/h3-6,8-10,13-15,20-21,33H,1-2,7H2,(H,34,35)(H,36,37)(H2,23,25,27)(H2,24,26,28)/t8-,9-,10-,13-,14-,15-,20-,21-/m1/s1. The van der Waals surface area contributed by atoms with E-state index in [0.29, 0.717) is 0 Å². The lowest BCUT2D eigenvalue weighted by Crippen LogP contribution is -2.37. The molecule has 4 aromatic heterocycles. The number of hydrogen-bond acceptors (Lipinski definition) is 17. The first-order valence-corrected chi connectivity index (χ1v) is 16.4. The van der Waals surface area contributed by atoms with Crippen LogP contribution in [0.3, 0.4) is 0 Å². The van der Waals surface area contributed by atoms with Crippen LogP contribution in [0.2, 0.25) is 0 Å². The summed E-state index contributed by atoms with van der Waals surface area (Å²) in [5.74, 6) is 0.0530. The molecule has 7 heterocycles. The third-order valence-electron chi connectivity index (χ3n) is 7.38. The molecule has 45 heavy (non-hydrogen) atoms. The number of nitrogens with two attached hydrogens (primary N) is 2. The molecule has 3 aliphatic heterocycles. The first kappa shape index (κ1) is 30.4. The van der Waals surface area contributed by atoms with Crippen molar-refractivity contribution < 1.29 is 56.2 Å². The average molecular weight is 674 g/mol. The Morgan fingerprint density at radius 2 is 1.42 bits per heavy atom. The van der Waals surface area contributed by atoms with Crippen LogP contribution in [0.1, 0.15) is 12.5 Å². The Labute approximate surface area is 250 Å². The Morgan fingerprint density at radius 3 is 2.07 bits per heavy atom. The minimum atomic E-state index is -5.10. The molecule has 0 saturated carbocycles. The van der Waals surface area contributed by atoms with Crippen molar-refractivity contribution in [1.82, 2.24) is 39.0 Å². The number of imidazole rings is 2. The number of nitrogen functional groups attached to an aromatic ring is 2. The van der Waals surface area contributed by atoms with Gasteiger partial charge in [0.2, 0.25) is 0 Å². The van der Waals surface area contributed by atoms with Gasteiger partial charge in [-0.1, -0.05) is 0 Å². The number of aliphatic hydroxyl groups excluding tert-OH is 1. The van der Waals surface area contributed by atoms with E-state index in [2.05, 4.69) is 29.9 Å². The maximum Gasteiger partial charge on any atom is 0.472 e. The van der Waals surface area contributed by atoms with Crippen LogP contribution >= 0.6 is 15.4 Å². The summed E-state index contributed by atoms with van der Waals surface area (Å²) in [4.78, 5) is 45.3. The highest BCUT2D eigenvalue weighted by Gasteiger charge is 2.53. The highest BCUT2D eigenvalue weighted by Crippen LogP contribution is 2.53. The number of aliphatic hydroxyl groups is 1. The zero-order valence-electron chi connectivity index (χ0n) is 22.7. The summed E-state index contributed by atoms with van der Waals surface area (Å²) in [6.45, 7) is -1.38. The minimum absolute atomic E-state index is 0.0131. The fourth-order valence-corrected chi connectivity index (χ4v) is 7.30. The number of phosphoric acid groups is 1. The van der Waals surface area contributed by atoms with Crippen molar-refractivity contribution in [2.75, 3.05) is 31.0 Å². The predicted molar refractivity (Wildman–Crippen MR) is 144 cm³/mol. The molecule has 7 N–H and O–H groups in total. The summed E-state index contributed by atoms with van der Waals surface area (Å²) in [6, 6.07) is 0. The maximum absolute atomic E-state index is 15.9. The van der Waals surface area contributed by atoms with Crippen LogP contribution in [0.15, 0.2) is 25.3 Å². The fourth-order valence-electron chi connectivity index (χ4n) is 5.34. The lowest BCUT2D eigenvalue weighted by molar-refractivity contribution is -0.0621. The predicted octanol–water partition coefficient (Wildman–Crippen LogP) is -0.615. The first-order chi connectivity index (χ1) is 21.4. The third-order valence-corrected chi connectivity index (χ3v) is 9.45. The van der Waals surface area contributed by atoms with Gasteiger partial charge in [-0.15, -0.1) is 0 Å². The number of phosphoric ester groups is 1. The van der Waals surface area contributed by atoms with Gasteiger partial charge in [-0.2, -0.15) is 0 Å². The molecule has 24 heteroatoms. The summed E-state index contributed by atoms with van der Waals surface area (Å²) in [5, 5.41) is 11.0. The number of halogens is 1. The highest BCUT2D eigenvalue weighted by atomic mass is 31.2. The molecule has 0 spiro atoms. The van der Waals surface area contributed by atoms with Crippen molar-refractivity contribution in [3.8, 4) is 0 Å². The van der Waals surface area contributed by atoms with E-state index in [0.717, 1.165) is 12.7 Å². The normalized spacial score (nSPS) is 38.0. The fraction of sp³-hybridized carbons (Fsp3) is 0.524. The van der Waals surface area contributed by atoms with Crippen molar-refractivity contribution in [1.29, 1.82) is 0 Å². The second-order valence-corrected chi connectivity index (χ2v) is 13.4. The molecule has 0 aliphatic carbocycles. The van der Waals surface area contributed by atoms with E-state index in [4.69, 9.17) is 39.2 Å².